The minimum atomic E-state index is 0.769. The summed E-state index contributed by atoms with van der Waals surface area (Å²) in [7, 11) is 2.26. The van der Waals surface area contributed by atoms with E-state index >= 15 is 0 Å². The molecule has 4 nitrogen and oxygen atoms in total. The molecule has 0 amide bonds. The number of aromatic nitrogens is 3. The Morgan fingerprint density at radius 3 is 2.89 bits per heavy atom. The van der Waals surface area contributed by atoms with Crippen LogP contribution in [0.15, 0.2) is 5.16 Å². The number of hydrogen-bond donors (Lipinski definition) is 0. The fourth-order valence-electron chi connectivity index (χ4n) is 2.63. The van der Waals surface area contributed by atoms with Gasteiger partial charge >= 0.3 is 0 Å². The Labute approximate surface area is 114 Å². The number of thioether (sulfide) groups is 1. The molecule has 0 bridgehead atoms. The van der Waals surface area contributed by atoms with Crippen LogP contribution in [0.1, 0.15) is 38.4 Å². The van der Waals surface area contributed by atoms with Gasteiger partial charge in [0.2, 0.25) is 0 Å². The minimum Gasteiger partial charge on any atom is -0.307 e. The zero-order chi connectivity index (χ0) is 13.0. The van der Waals surface area contributed by atoms with Crippen molar-refractivity contribution in [3.63, 3.8) is 0 Å². The van der Waals surface area contributed by atoms with Gasteiger partial charge in [0.25, 0.3) is 0 Å². The van der Waals surface area contributed by atoms with Crippen LogP contribution in [0.2, 0.25) is 0 Å². The second-order valence-electron chi connectivity index (χ2n) is 5.04. The van der Waals surface area contributed by atoms with Crippen molar-refractivity contribution in [1.82, 2.24) is 19.7 Å². The first-order chi connectivity index (χ1) is 8.72. The molecular formula is C13H24N4S. The van der Waals surface area contributed by atoms with E-state index in [2.05, 4.69) is 33.6 Å². The number of hydrogen-bond acceptors (Lipinski definition) is 4. The van der Waals surface area contributed by atoms with E-state index < -0.39 is 0 Å². The van der Waals surface area contributed by atoms with Crippen molar-refractivity contribution in [2.24, 2.45) is 0 Å². The molecule has 0 aromatic carbocycles. The van der Waals surface area contributed by atoms with E-state index in [0.29, 0.717) is 0 Å². The molecule has 1 fully saturated rings. The third-order valence-corrected chi connectivity index (χ3v) is 4.82. The fraction of sp³-hybridized carbons (Fsp3) is 0.846. The van der Waals surface area contributed by atoms with E-state index in [9.17, 15) is 0 Å². The van der Waals surface area contributed by atoms with Gasteiger partial charge in [-0.2, -0.15) is 0 Å². The Kier molecular flexibility index (Phi) is 5.06. The van der Waals surface area contributed by atoms with Crippen LogP contribution in [0.25, 0.3) is 0 Å². The molecule has 18 heavy (non-hydrogen) atoms. The second kappa shape index (κ2) is 6.57. The first kappa shape index (κ1) is 13.9. The summed E-state index contributed by atoms with van der Waals surface area (Å²) in [6, 6.07) is 0.769. The largest absolute Gasteiger partial charge is 0.307 e. The summed E-state index contributed by atoms with van der Waals surface area (Å²) >= 11 is 1.85. The molecule has 1 atom stereocenters. The summed E-state index contributed by atoms with van der Waals surface area (Å²) in [5.74, 6) is 2.17. The zero-order valence-corrected chi connectivity index (χ0v) is 12.5. The van der Waals surface area contributed by atoms with Gasteiger partial charge in [0.15, 0.2) is 5.16 Å². The Morgan fingerprint density at radius 1 is 1.33 bits per heavy atom. The highest BCUT2D eigenvalue weighted by atomic mass is 32.2. The van der Waals surface area contributed by atoms with Crippen molar-refractivity contribution >= 4 is 11.8 Å². The summed E-state index contributed by atoms with van der Waals surface area (Å²) in [5, 5.41) is 9.48. The number of aryl methyl sites for hydroxylation is 1. The van der Waals surface area contributed by atoms with E-state index in [1.165, 1.54) is 32.2 Å². The summed E-state index contributed by atoms with van der Waals surface area (Å²) in [5.41, 5.74) is 0. The Balaban J connectivity index is 1.80. The Bertz CT molecular complexity index is 377. The highest BCUT2D eigenvalue weighted by Crippen LogP contribution is 2.23. The molecule has 5 heteroatoms. The van der Waals surface area contributed by atoms with E-state index in [4.69, 9.17) is 0 Å². The maximum absolute atomic E-state index is 4.25. The molecule has 0 radical (unpaired) electrons. The lowest BCUT2D eigenvalue weighted by atomic mass is 10.0. The predicted octanol–water partition coefficient (Wildman–Crippen LogP) is 2.57. The molecular weight excluding hydrogens is 244 g/mol. The molecule has 1 aliphatic rings. The normalized spacial score (nSPS) is 21.4. The third-order valence-electron chi connectivity index (χ3n) is 3.82. The van der Waals surface area contributed by atoms with Gasteiger partial charge in [0.1, 0.15) is 5.82 Å². The maximum Gasteiger partial charge on any atom is 0.191 e. The van der Waals surface area contributed by atoms with Crippen molar-refractivity contribution in [3.05, 3.63) is 5.82 Å². The van der Waals surface area contributed by atoms with Crippen LogP contribution in [-0.4, -0.2) is 45.1 Å². The minimum absolute atomic E-state index is 0.769. The molecule has 0 saturated carbocycles. The van der Waals surface area contributed by atoms with Crippen LogP contribution in [-0.2, 0) is 6.54 Å². The van der Waals surface area contributed by atoms with Gasteiger partial charge < -0.3 is 9.47 Å². The first-order valence-electron chi connectivity index (χ1n) is 6.95. The molecule has 1 aromatic rings. The lowest BCUT2D eigenvalue weighted by Crippen LogP contribution is -2.36. The molecule has 2 heterocycles. The van der Waals surface area contributed by atoms with Crippen LogP contribution in [0.5, 0.6) is 0 Å². The van der Waals surface area contributed by atoms with Crippen molar-refractivity contribution in [1.29, 1.82) is 0 Å². The van der Waals surface area contributed by atoms with Crippen molar-refractivity contribution < 1.29 is 0 Å². The van der Waals surface area contributed by atoms with Gasteiger partial charge in [-0.1, -0.05) is 18.2 Å². The first-order valence-corrected chi connectivity index (χ1v) is 7.93. The molecule has 102 valence electrons. The Morgan fingerprint density at radius 2 is 2.17 bits per heavy atom. The molecule has 0 aliphatic carbocycles. The van der Waals surface area contributed by atoms with Crippen molar-refractivity contribution in [3.8, 4) is 0 Å². The lowest BCUT2D eigenvalue weighted by Gasteiger charge is -2.32. The molecule has 1 aliphatic heterocycles. The predicted molar refractivity (Wildman–Crippen MR) is 76.0 cm³/mol. The third kappa shape index (κ3) is 3.26. The molecule has 1 saturated heterocycles. The lowest BCUT2D eigenvalue weighted by molar-refractivity contribution is 0.182. The summed E-state index contributed by atoms with van der Waals surface area (Å²) in [6.07, 6.45) is 5.38. The van der Waals surface area contributed by atoms with Gasteiger partial charge in [-0.25, -0.2) is 0 Å². The molecule has 0 N–H and O–H groups in total. The fourth-order valence-corrected chi connectivity index (χ4v) is 3.72. The molecule has 2 rings (SSSR count). The summed E-state index contributed by atoms with van der Waals surface area (Å²) < 4.78 is 2.19. The molecule has 0 spiro atoms. The van der Waals surface area contributed by atoms with Crippen LogP contribution in [0.3, 0.4) is 0 Å². The monoisotopic (exact) mass is 268 g/mol. The van der Waals surface area contributed by atoms with Crippen LogP contribution < -0.4 is 0 Å². The summed E-state index contributed by atoms with van der Waals surface area (Å²) in [4.78, 5) is 2.51. The molecule has 1 aromatic heterocycles. The Hall–Kier alpha value is -0.550. The van der Waals surface area contributed by atoms with Crippen LogP contribution >= 0.6 is 11.8 Å². The van der Waals surface area contributed by atoms with Gasteiger partial charge in [-0.3, -0.25) is 0 Å². The number of likely N-dealkylation sites (tertiary alicyclic amines) is 1. The highest BCUT2D eigenvalue weighted by molar-refractivity contribution is 7.99. The average Bonchev–Trinajstić information content (AvgIpc) is 2.72. The van der Waals surface area contributed by atoms with Crippen LogP contribution in [0.4, 0.5) is 0 Å². The van der Waals surface area contributed by atoms with Gasteiger partial charge in [-0.15, -0.1) is 10.2 Å². The smallest absolute Gasteiger partial charge is 0.191 e. The highest BCUT2D eigenvalue weighted by Gasteiger charge is 2.18. The zero-order valence-electron chi connectivity index (χ0n) is 11.7. The SMILES string of the molecule is CCn1c(C)nnc1SCC[C@@H]1CCCCN1C. The van der Waals surface area contributed by atoms with E-state index in [-0.39, 0.29) is 0 Å². The van der Waals surface area contributed by atoms with Crippen molar-refractivity contribution in [2.45, 2.75) is 57.3 Å². The summed E-state index contributed by atoms with van der Waals surface area (Å²) in [6.45, 7) is 6.40. The van der Waals surface area contributed by atoms with Gasteiger partial charge in [0.05, 0.1) is 0 Å². The van der Waals surface area contributed by atoms with Crippen LogP contribution in [0, 0.1) is 6.92 Å². The number of nitrogens with zero attached hydrogens (tertiary/aromatic N) is 4. The number of rotatable bonds is 5. The van der Waals surface area contributed by atoms with E-state index in [1.54, 1.807) is 0 Å². The maximum atomic E-state index is 4.25. The van der Waals surface area contributed by atoms with Gasteiger partial charge in [-0.05, 0) is 46.7 Å². The second-order valence-corrected chi connectivity index (χ2v) is 6.10. The average molecular weight is 268 g/mol. The van der Waals surface area contributed by atoms with E-state index in [0.717, 1.165) is 29.3 Å². The van der Waals surface area contributed by atoms with Crippen molar-refractivity contribution in [2.75, 3.05) is 19.3 Å². The quantitative estimate of drug-likeness (QED) is 0.769. The number of piperidine rings is 1. The molecule has 0 unspecified atom stereocenters. The standard InChI is InChI=1S/C13H24N4S/c1-4-17-11(2)14-15-13(17)18-10-8-12-7-5-6-9-16(12)3/h12H,4-10H2,1-3H3/t12-/m0/s1. The topological polar surface area (TPSA) is 34.0 Å². The van der Waals surface area contributed by atoms with Gasteiger partial charge in [0, 0.05) is 18.3 Å². The van der Waals surface area contributed by atoms with E-state index in [1.807, 2.05) is 18.7 Å².